The van der Waals surface area contributed by atoms with E-state index < -0.39 is 0 Å². The van der Waals surface area contributed by atoms with E-state index in [9.17, 15) is 9.59 Å². The molecular weight excluding hydrogens is 460 g/mol. The van der Waals surface area contributed by atoms with Crippen molar-refractivity contribution in [2.75, 3.05) is 5.32 Å². The average Bonchev–Trinajstić information content (AvgIpc) is 3.13. The lowest BCUT2D eigenvalue weighted by atomic mass is 9.45. The summed E-state index contributed by atoms with van der Waals surface area (Å²) in [6.45, 7) is 8.90. The standard InChI is InChI=1S/C23H31BrN4O3/c1-13-8-17(31-27-13)7-5-6-16(29)12-28-22(30)21(24)20(11-25-28)26-19-10-15-9-18(14(19)2)23(15,3)4/h8,11,14-15,18-19,26H,5-7,9-10,12H2,1-4H3/t14-,15-,18+,19-/m1/s1. The predicted octanol–water partition coefficient (Wildman–Crippen LogP) is 4.38. The summed E-state index contributed by atoms with van der Waals surface area (Å²) in [7, 11) is 0. The Hall–Kier alpha value is -1.96. The number of hydrogen-bond donors (Lipinski definition) is 1. The number of rotatable bonds is 8. The molecule has 0 spiro atoms. The molecule has 7 nitrogen and oxygen atoms in total. The van der Waals surface area contributed by atoms with Gasteiger partial charge in [-0.3, -0.25) is 9.59 Å². The number of aryl methyl sites for hydroxylation is 2. The van der Waals surface area contributed by atoms with Gasteiger partial charge in [-0.05, 0) is 65.3 Å². The molecular formula is C23H31BrN4O3. The molecule has 2 aromatic heterocycles. The Morgan fingerprint density at radius 3 is 2.81 bits per heavy atom. The van der Waals surface area contributed by atoms with Crippen molar-refractivity contribution in [3.05, 3.63) is 38.5 Å². The minimum Gasteiger partial charge on any atom is -0.380 e. The number of halogens is 1. The number of carbonyl (C=O) groups is 1. The highest BCUT2D eigenvalue weighted by molar-refractivity contribution is 9.10. The van der Waals surface area contributed by atoms with Gasteiger partial charge in [0.2, 0.25) is 0 Å². The third-order valence-electron chi connectivity index (χ3n) is 7.56. The lowest BCUT2D eigenvalue weighted by Gasteiger charge is -2.62. The van der Waals surface area contributed by atoms with Crippen LogP contribution in [0.3, 0.4) is 0 Å². The smallest absolute Gasteiger partial charge is 0.283 e. The predicted molar refractivity (Wildman–Crippen MR) is 122 cm³/mol. The fourth-order valence-electron chi connectivity index (χ4n) is 5.46. The van der Waals surface area contributed by atoms with Crippen molar-refractivity contribution in [2.45, 2.75) is 72.4 Å². The van der Waals surface area contributed by atoms with Gasteiger partial charge in [-0.1, -0.05) is 25.9 Å². The van der Waals surface area contributed by atoms with Crippen LogP contribution in [-0.4, -0.2) is 26.8 Å². The molecule has 4 atom stereocenters. The normalized spacial score (nSPS) is 26.4. The van der Waals surface area contributed by atoms with Crippen molar-refractivity contribution in [1.29, 1.82) is 0 Å². The molecule has 0 amide bonds. The van der Waals surface area contributed by atoms with Gasteiger partial charge in [0.1, 0.15) is 16.8 Å². The van der Waals surface area contributed by atoms with Crippen LogP contribution in [0.2, 0.25) is 0 Å². The van der Waals surface area contributed by atoms with E-state index in [1.165, 1.54) is 11.1 Å². The second-order valence-electron chi connectivity index (χ2n) is 9.87. The number of ketones is 1. The van der Waals surface area contributed by atoms with Crippen LogP contribution < -0.4 is 10.9 Å². The number of fused-ring (bicyclic) bond motifs is 2. The van der Waals surface area contributed by atoms with E-state index in [1.807, 2.05) is 13.0 Å². The molecule has 0 saturated heterocycles. The molecule has 3 aliphatic carbocycles. The Kier molecular flexibility index (Phi) is 6.12. The van der Waals surface area contributed by atoms with Crippen LogP contribution in [0.4, 0.5) is 5.69 Å². The maximum absolute atomic E-state index is 12.8. The van der Waals surface area contributed by atoms with Crippen molar-refractivity contribution in [1.82, 2.24) is 14.9 Å². The van der Waals surface area contributed by atoms with Crippen LogP contribution in [0.15, 0.2) is 26.1 Å². The number of nitrogens with one attached hydrogen (secondary N) is 1. The minimum atomic E-state index is -0.279. The summed E-state index contributed by atoms with van der Waals surface area (Å²) in [6.07, 6.45) is 5.76. The molecule has 0 aliphatic heterocycles. The zero-order chi connectivity index (χ0) is 22.3. The molecule has 2 bridgehead atoms. The number of aromatic nitrogens is 3. The van der Waals surface area contributed by atoms with E-state index >= 15 is 0 Å². The fraction of sp³-hybridized carbons (Fsp3) is 0.652. The molecule has 3 saturated carbocycles. The van der Waals surface area contributed by atoms with Gasteiger partial charge < -0.3 is 9.84 Å². The first kappa shape index (κ1) is 22.2. The first-order valence-electron chi connectivity index (χ1n) is 11.1. The molecule has 3 aliphatic rings. The Bertz CT molecular complexity index is 1030. The van der Waals surface area contributed by atoms with Gasteiger partial charge in [0.25, 0.3) is 5.56 Å². The lowest BCUT2D eigenvalue weighted by Crippen LogP contribution is -2.58. The summed E-state index contributed by atoms with van der Waals surface area (Å²) in [5.41, 5.74) is 1.69. The van der Waals surface area contributed by atoms with Crippen LogP contribution >= 0.6 is 15.9 Å². The molecule has 2 heterocycles. The van der Waals surface area contributed by atoms with Crippen molar-refractivity contribution in [2.24, 2.45) is 23.2 Å². The number of hydrogen-bond acceptors (Lipinski definition) is 6. The van der Waals surface area contributed by atoms with Crippen LogP contribution in [0, 0.1) is 30.1 Å². The molecule has 5 rings (SSSR count). The molecule has 0 radical (unpaired) electrons. The number of carbonyl (C=O) groups excluding carboxylic acids is 1. The van der Waals surface area contributed by atoms with Crippen molar-refractivity contribution in [3.8, 4) is 0 Å². The Labute approximate surface area is 191 Å². The van der Waals surface area contributed by atoms with Gasteiger partial charge in [-0.15, -0.1) is 0 Å². The van der Waals surface area contributed by atoms with E-state index in [2.05, 4.69) is 52.3 Å². The lowest BCUT2D eigenvalue weighted by molar-refractivity contribution is -0.120. The van der Waals surface area contributed by atoms with Gasteiger partial charge in [-0.2, -0.15) is 5.10 Å². The molecule has 3 fully saturated rings. The highest BCUT2D eigenvalue weighted by atomic mass is 79.9. The molecule has 1 N–H and O–H groups in total. The summed E-state index contributed by atoms with van der Waals surface area (Å²) in [5, 5.41) is 11.7. The van der Waals surface area contributed by atoms with Crippen molar-refractivity contribution >= 4 is 27.4 Å². The summed E-state index contributed by atoms with van der Waals surface area (Å²) in [6, 6.07) is 2.21. The highest BCUT2D eigenvalue weighted by Gasteiger charge is 2.56. The summed E-state index contributed by atoms with van der Waals surface area (Å²) >= 11 is 3.44. The van der Waals surface area contributed by atoms with Gasteiger partial charge >= 0.3 is 0 Å². The third kappa shape index (κ3) is 4.36. The third-order valence-corrected chi connectivity index (χ3v) is 8.33. The van der Waals surface area contributed by atoms with Crippen molar-refractivity contribution < 1.29 is 9.32 Å². The SMILES string of the molecule is Cc1cc(CCCC(=O)Cn2ncc(N[C@@H]3C[C@H]4C[C@@H]([C@H]3C)C4(C)C)c(Br)c2=O)on1. The Morgan fingerprint density at radius 2 is 2.16 bits per heavy atom. The van der Waals surface area contributed by atoms with E-state index in [1.54, 1.807) is 6.20 Å². The summed E-state index contributed by atoms with van der Waals surface area (Å²) in [5.74, 6) is 2.74. The maximum atomic E-state index is 12.8. The topological polar surface area (TPSA) is 90.0 Å². The molecule has 31 heavy (non-hydrogen) atoms. The zero-order valence-corrected chi connectivity index (χ0v) is 20.2. The quantitative estimate of drug-likeness (QED) is 0.590. The van der Waals surface area contributed by atoms with Crippen LogP contribution in [0.25, 0.3) is 0 Å². The number of anilines is 1. The Morgan fingerprint density at radius 1 is 1.39 bits per heavy atom. The highest BCUT2D eigenvalue weighted by Crippen LogP contribution is 2.61. The van der Waals surface area contributed by atoms with Crippen LogP contribution in [0.5, 0.6) is 0 Å². The molecule has 0 aromatic carbocycles. The van der Waals surface area contributed by atoms with E-state index in [4.69, 9.17) is 4.52 Å². The molecule has 2 aromatic rings. The molecule has 0 unspecified atom stereocenters. The first-order valence-corrected chi connectivity index (χ1v) is 11.9. The second kappa shape index (κ2) is 8.52. The minimum absolute atomic E-state index is 0.0225. The summed E-state index contributed by atoms with van der Waals surface area (Å²) < 4.78 is 6.84. The number of Topliss-reactive ketones (excluding diaryl/α,β-unsaturated/α-hetero) is 1. The largest absolute Gasteiger partial charge is 0.380 e. The maximum Gasteiger partial charge on any atom is 0.283 e. The van der Waals surface area contributed by atoms with E-state index in [0.29, 0.717) is 52.7 Å². The molecule has 168 valence electrons. The van der Waals surface area contributed by atoms with Crippen LogP contribution in [0.1, 0.15) is 57.9 Å². The van der Waals surface area contributed by atoms with Crippen molar-refractivity contribution in [3.63, 3.8) is 0 Å². The van der Waals surface area contributed by atoms with E-state index in [0.717, 1.165) is 23.8 Å². The van der Waals surface area contributed by atoms with Gasteiger partial charge in [0.15, 0.2) is 5.78 Å². The first-order chi connectivity index (χ1) is 14.7. The van der Waals surface area contributed by atoms with Crippen LogP contribution in [-0.2, 0) is 17.8 Å². The van der Waals surface area contributed by atoms with E-state index in [-0.39, 0.29) is 17.9 Å². The summed E-state index contributed by atoms with van der Waals surface area (Å²) in [4.78, 5) is 25.1. The number of nitrogens with zero attached hydrogens (tertiary/aromatic N) is 3. The average molecular weight is 491 g/mol. The Balaban J connectivity index is 1.34. The zero-order valence-electron chi connectivity index (χ0n) is 18.7. The van der Waals surface area contributed by atoms with Gasteiger partial charge in [0, 0.05) is 24.9 Å². The van der Waals surface area contributed by atoms with Gasteiger partial charge in [-0.25, -0.2) is 4.68 Å². The fourth-order valence-corrected chi connectivity index (χ4v) is 5.88. The molecule has 8 heteroatoms. The second-order valence-corrected chi connectivity index (χ2v) is 10.7. The van der Waals surface area contributed by atoms with Gasteiger partial charge in [0.05, 0.1) is 17.6 Å². The monoisotopic (exact) mass is 490 g/mol.